The van der Waals surface area contributed by atoms with Gasteiger partial charge in [-0.1, -0.05) is 6.92 Å². The molecule has 1 aromatic carbocycles. The fourth-order valence-electron chi connectivity index (χ4n) is 1.60. The van der Waals surface area contributed by atoms with E-state index in [9.17, 15) is 13.6 Å². The molecular formula is C13H13F2N3OS. The highest BCUT2D eigenvalue weighted by atomic mass is 32.1. The van der Waals surface area contributed by atoms with Crippen molar-refractivity contribution in [3.63, 3.8) is 0 Å². The van der Waals surface area contributed by atoms with Crippen LogP contribution in [0.2, 0.25) is 0 Å². The molecule has 3 N–H and O–H groups in total. The van der Waals surface area contributed by atoms with Crippen LogP contribution in [0.4, 0.5) is 14.5 Å². The molecule has 0 radical (unpaired) electrons. The number of aromatic nitrogens is 1. The molecule has 1 heterocycles. The minimum Gasteiger partial charge on any atom is -0.398 e. The normalized spacial score (nSPS) is 10.6. The van der Waals surface area contributed by atoms with E-state index < -0.39 is 17.5 Å². The lowest BCUT2D eigenvalue weighted by Crippen LogP contribution is -2.24. The smallest absolute Gasteiger partial charge is 0.253 e. The average Bonchev–Trinajstić information content (AvgIpc) is 2.88. The van der Waals surface area contributed by atoms with E-state index in [1.165, 1.54) is 11.3 Å². The number of nitrogens with one attached hydrogen (secondary N) is 1. The summed E-state index contributed by atoms with van der Waals surface area (Å²) in [7, 11) is 0. The molecule has 106 valence electrons. The summed E-state index contributed by atoms with van der Waals surface area (Å²) in [5.41, 5.74) is 5.32. The quantitative estimate of drug-likeness (QED) is 0.852. The second kappa shape index (κ2) is 5.96. The number of rotatable bonds is 4. The Hall–Kier alpha value is -2.02. The second-order valence-corrected chi connectivity index (χ2v) is 5.31. The van der Waals surface area contributed by atoms with Gasteiger partial charge in [0.15, 0.2) is 11.6 Å². The summed E-state index contributed by atoms with van der Waals surface area (Å²) in [6, 6.07) is 1.59. The second-order valence-electron chi connectivity index (χ2n) is 4.11. The Labute approximate surface area is 118 Å². The molecule has 0 aliphatic heterocycles. The highest BCUT2D eigenvalue weighted by Crippen LogP contribution is 2.17. The summed E-state index contributed by atoms with van der Waals surface area (Å²) >= 11 is 1.49. The predicted octanol–water partition coefficient (Wildman–Crippen LogP) is 2.50. The molecule has 0 spiro atoms. The van der Waals surface area contributed by atoms with Crippen molar-refractivity contribution < 1.29 is 13.6 Å². The maximum atomic E-state index is 13.1. The first-order valence-corrected chi connectivity index (χ1v) is 6.79. The van der Waals surface area contributed by atoms with Gasteiger partial charge < -0.3 is 11.1 Å². The average molecular weight is 297 g/mol. The summed E-state index contributed by atoms with van der Waals surface area (Å²) in [4.78, 5) is 17.1. The molecule has 1 aromatic heterocycles. The van der Waals surface area contributed by atoms with Crippen molar-refractivity contribution in [2.75, 3.05) is 5.73 Å². The summed E-state index contributed by atoms with van der Waals surface area (Å²) in [6.45, 7) is 2.24. The first-order chi connectivity index (χ1) is 9.51. The van der Waals surface area contributed by atoms with Crippen LogP contribution in [0.25, 0.3) is 0 Å². The zero-order valence-corrected chi connectivity index (χ0v) is 11.6. The van der Waals surface area contributed by atoms with Gasteiger partial charge in [0.1, 0.15) is 5.01 Å². The number of carbonyl (C=O) groups excluding carboxylic acids is 1. The highest BCUT2D eigenvalue weighted by molar-refractivity contribution is 7.11. The topological polar surface area (TPSA) is 68.0 Å². The Morgan fingerprint density at radius 2 is 2.10 bits per heavy atom. The van der Waals surface area contributed by atoms with Crippen LogP contribution in [0.1, 0.15) is 27.2 Å². The zero-order chi connectivity index (χ0) is 14.7. The number of nitrogens with zero attached hydrogens (tertiary/aromatic N) is 1. The summed E-state index contributed by atoms with van der Waals surface area (Å²) in [5.74, 6) is -2.74. The molecule has 0 bridgehead atoms. The van der Waals surface area contributed by atoms with Crippen molar-refractivity contribution in [3.05, 3.63) is 45.4 Å². The molecule has 1 amide bonds. The summed E-state index contributed by atoms with van der Waals surface area (Å²) < 4.78 is 26.0. The van der Waals surface area contributed by atoms with Crippen LogP contribution in [0.15, 0.2) is 18.3 Å². The SMILES string of the molecule is CCc1cnc(CNC(=O)c2cc(F)c(F)cc2N)s1. The third-order valence-electron chi connectivity index (χ3n) is 2.69. The number of hydrogen-bond donors (Lipinski definition) is 2. The lowest BCUT2D eigenvalue weighted by Gasteiger charge is -2.07. The third kappa shape index (κ3) is 3.11. The maximum absolute atomic E-state index is 13.1. The fourth-order valence-corrected chi connectivity index (χ4v) is 2.41. The lowest BCUT2D eigenvalue weighted by molar-refractivity contribution is 0.0951. The molecule has 2 aromatic rings. The van der Waals surface area contributed by atoms with E-state index in [1.54, 1.807) is 6.20 Å². The standard InChI is InChI=1S/C13H13F2N3OS/c1-2-7-5-17-12(20-7)6-18-13(19)8-3-9(14)10(15)4-11(8)16/h3-5H,2,6,16H2,1H3,(H,18,19). The molecular weight excluding hydrogens is 284 g/mol. The minimum absolute atomic E-state index is 0.0869. The van der Waals surface area contributed by atoms with Gasteiger partial charge in [-0.3, -0.25) is 4.79 Å². The van der Waals surface area contributed by atoms with Gasteiger partial charge in [-0.05, 0) is 12.5 Å². The van der Waals surface area contributed by atoms with Crippen LogP contribution < -0.4 is 11.1 Å². The monoisotopic (exact) mass is 297 g/mol. The maximum Gasteiger partial charge on any atom is 0.253 e. The Morgan fingerprint density at radius 1 is 1.40 bits per heavy atom. The van der Waals surface area contributed by atoms with Gasteiger partial charge >= 0.3 is 0 Å². The predicted molar refractivity (Wildman–Crippen MR) is 73.4 cm³/mol. The first kappa shape index (κ1) is 14.4. The molecule has 4 nitrogen and oxygen atoms in total. The molecule has 7 heteroatoms. The number of nitrogens with two attached hydrogens (primary N) is 1. The number of aryl methyl sites for hydroxylation is 1. The van der Waals surface area contributed by atoms with Crippen LogP contribution in [0, 0.1) is 11.6 Å². The van der Waals surface area contributed by atoms with E-state index in [0.717, 1.165) is 28.4 Å². The van der Waals surface area contributed by atoms with Crippen molar-refractivity contribution in [2.45, 2.75) is 19.9 Å². The molecule has 0 fully saturated rings. The van der Waals surface area contributed by atoms with Crippen LogP contribution in [0.3, 0.4) is 0 Å². The van der Waals surface area contributed by atoms with E-state index >= 15 is 0 Å². The van der Waals surface area contributed by atoms with Crippen LogP contribution in [-0.2, 0) is 13.0 Å². The number of hydrogen-bond acceptors (Lipinski definition) is 4. The van der Waals surface area contributed by atoms with Crippen molar-refractivity contribution in [1.82, 2.24) is 10.3 Å². The Morgan fingerprint density at radius 3 is 2.75 bits per heavy atom. The third-order valence-corrected chi connectivity index (χ3v) is 3.83. The molecule has 2 rings (SSSR count). The minimum atomic E-state index is -1.10. The first-order valence-electron chi connectivity index (χ1n) is 5.97. The largest absolute Gasteiger partial charge is 0.398 e. The number of amides is 1. The summed E-state index contributed by atoms with van der Waals surface area (Å²) in [6.07, 6.45) is 2.62. The number of anilines is 1. The molecule has 0 aliphatic carbocycles. The van der Waals surface area contributed by atoms with E-state index in [0.29, 0.717) is 0 Å². The van der Waals surface area contributed by atoms with E-state index in [4.69, 9.17) is 5.73 Å². The van der Waals surface area contributed by atoms with Crippen LogP contribution >= 0.6 is 11.3 Å². The molecule has 0 saturated heterocycles. The van der Waals surface area contributed by atoms with Gasteiger partial charge in [-0.2, -0.15) is 0 Å². The fraction of sp³-hybridized carbons (Fsp3) is 0.231. The number of halogens is 2. The number of benzene rings is 1. The van der Waals surface area contributed by atoms with E-state index in [-0.39, 0.29) is 17.8 Å². The number of nitrogen functional groups attached to an aromatic ring is 1. The molecule has 0 atom stereocenters. The van der Waals surface area contributed by atoms with Crippen LogP contribution in [0.5, 0.6) is 0 Å². The van der Waals surface area contributed by atoms with Crippen LogP contribution in [-0.4, -0.2) is 10.9 Å². The van der Waals surface area contributed by atoms with Gasteiger partial charge in [0.25, 0.3) is 5.91 Å². The zero-order valence-electron chi connectivity index (χ0n) is 10.7. The Bertz CT molecular complexity index is 643. The van der Waals surface area contributed by atoms with Gasteiger partial charge in [0.2, 0.25) is 0 Å². The van der Waals surface area contributed by atoms with E-state index in [2.05, 4.69) is 10.3 Å². The Kier molecular flexibility index (Phi) is 4.29. The Balaban J connectivity index is 2.07. The summed E-state index contributed by atoms with van der Waals surface area (Å²) in [5, 5.41) is 3.33. The number of carbonyl (C=O) groups is 1. The van der Waals surface area contributed by atoms with Crippen molar-refractivity contribution >= 4 is 22.9 Å². The lowest BCUT2D eigenvalue weighted by atomic mass is 10.1. The molecule has 0 aliphatic rings. The molecule has 0 saturated carbocycles. The van der Waals surface area contributed by atoms with Gasteiger partial charge in [-0.25, -0.2) is 13.8 Å². The molecule has 0 unspecified atom stereocenters. The van der Waals surface area contributed by atoms with E-state index in [1.807, 2.05) is 6.92 Å². The van der Waals surface area contributed by atoms with Crippen molar-refractivity contribution in [2.24, 2.45) is 0 Å². The van der Waals surface area contributed by atoms with Crippen molar-refractivity contribution in [3.8, 4) is 0 Å². The van der Waals surface area contributed by atoms with Crippen molar-refractivity contribution in [1.29, 1.82) is 0 Å². The highest BCUT2D eigenvalue weighted by Gasteiger charge is 2.14. The van der Waals surface area contributed by atoms with Gasteiger partial charge in [0.05, 0.1) is 12.1 Å². The number of thiazole rings is 1. The molecule has 20 heavy (non-hydrogen) atoms. The van der Waals surface area contributed by atoms with Gasteiger partial charge in [0, 0.05) is 22.8 Å². The van der Waals surface area contributed by atoms with Gasteiger partial charge in [-0.15, -0.1) is 11.3 Å².